The van der Waals surface area contributed by atoms with Gasteiger partial charge in [-0.1, -0.05) is 0 Å². The number of rotatable bonds is 5. The Labute approximate surface area is 123 Å². The van der Waals surface area contributed by atoms with Crippen LogP contribution in [0.25, 0.3) is 0 Å². The molecule has 0 spiro atoms. The first kappa shape index (κ1) is 15.7. The lowest BCUT2D eigenvalue weighted by molar-refractivity contribution is -0.124. The number of likely N-dealkylation sites (N-methyl/N-ethyl adjacent to an activating group) is 1. The monoisotopic (exact) mass is 296 g/mol. The number of likely N-dealkylation sites (tertiary alicyclic amines) is 1. The van der Waals surface area contributed by atoms with Crippen molar-refractivity contribution in [2.24, 2.45) is 0 Å². The molecule has 0 aromatic heterocycles. The molecule has 0 radical (unpaired) electrons. The fourth-order valence-electron chi connectivity index (χ4n) is 2.49. The molecule has 2 N–H and O–H groups in total. The van der Waals surface area contributed by atoms with Crippen molar-refractivity contribution in [2.45, 2.75) is 18.4 Å². The molecule has 2 rings (SSSR count). The zero-order valence-corrected chi connectivity index (χ0v) is 12.1. The van der Waals surface area contributed by atoms with Crippen LogP contribution >= 0.6 is 0 Å². The molecule has 116 valence electrons. The van der Waals surface area contributed by atoms with Crippen molar-refractivity contribution in [3.63, 3.8) is 0 Å². The molecule has 1 aromatic rings. The standard InChI is InChI=1S/C15H21FN2O3/c1-17-14(19)9-18-8-2-7-15(20,10-18)11-21-13-5-3-12(16)4-6-13/h3-6,20H,2,7-11H2,1H3,(H,17,19). The number of β-amino-alcohol motifs (C(OH)–C–C–N with tert-alkyl or cyclic N) is 1. The summed E-state index contributed by atoms with van der Waals surface area (Å²) in [6.45, 7) is 1.58. The molecule has 21 heavy (non-hydrogen) atoms. The van der Waals surface area contributed by atoms with Crippen molar-refractivity contribution in [3.8, 4) is 5.75 Å². The second kappa shape index (κ2) is 6.87. The Morgan fingerprint density at radius 3 is 2.86 bits per heavy atom. The molecule has 1 unspecified atom stereocenters. The van der Waals surface area contributed by atoms with E-state index in [-0.39, 0.29) is 24.9 Å². The van der Waals surface area contributed by atoms with Gasteiger partial charge < -0.3 is 15.2 Å². The fourth-order valence-corrected chi connectivity index (χ4v) is 2.49. The normalized spacial score (nSPS) is 22.8. The first-order valence-electron chi connectivity index (χ1n) is 7.04. The minimum atomic E-state index is -0.985. The maximum Gasteiger partial charge on any atom is 0.233 e. The van der Waals surface area contributed by atoms with Gasteiger partial charge in [0.15, 0.2) is 0 Å². The van der Waals surface area contributed by atoms with Crippen LogP contribution in [-0.2, 0) is 4.79 Å². The van der Waals surface area contributed by atoms with Gasteiger partial charge in [-0.15, -0.1) is 0 Å². The summed E-state index contributed by atoms with van der Waals surface area (Å²) in [6.07, 6.45) is 1.43. The van der Waals surface area contributed by atoms with Crippen LogP contribution in [0.1, 0.15) is 12.8 Å². The molecule has 5 nitrogen and oxygen atoms in total. The minimum Gasteiger partial charge on any atom is -0.491 e. The van der Waals surface area contributed by atoms with Crippen LogP contribution in [0.4, 0.5) is 4.39 Å². The number of piperidine rings is 1. The van der Waals surface area contributed by atoms with Crippen molar-refractivity contribution >= 4 is 5.91 Å². The topological polar surface area (TPSA) is 61.8 Å². The van der Waals surface area contributed by atoms with E-state index >= 15 is 0 Å². The fraction of sp³-hybridized carbons (Fsp3) is 0.533. The number of amides is 1. The quantitative estimate of drug-likeness (QED) is 0.843. The van der Waals surface area contributed by atoms with Gasteiger partial charge in [0, 0.05) is 13.6 Å². The zero-order chi connectivity index (χ0) is 15.3. The Bertz CT molecular complexity index is 480. The summed E-state index contributed by atoms with van der Waals surface area (Å²) in [5.41, 5.74) is -0.985. The summed E-state index contributed by atoms with van der Waals surface area (Å²) in [4.78, 5) is 13.3. The van der Waals surface area contributed by atoms with E-state index in [0.717, 1.165) is 13.0 Å². The molecule has 1 aliphatic rings. The maximum atomic E-state index is 12.8. The van der Waals surface area contributed by atoms with Gasteiger partial charge in [0.05, 0.1) is 6.54 Å². The van der Waals surface area contributed by atoms with Crippen LogP contribution in [0.5, 0.6) is 5.75 Å². The largest absolute Gasteiger partial charge is 0.491 e. The predicted octanol–water partition coefficient (Wildman–Crippen LogP) is 0.777. The predicted molar refractivity (Wildman–Crippen MR) is 76.6 cm³/mol. The molecule has 1 saturated heterocycles. The molecule has 0 saturated carbocycles. The summed E-state index contributed by atoms with van der Waals surface area (Å²) in [5, 5.41) is 13.1. The number of nitrogens with zero attached hydrogens (tertiary/aromatic N) is 1. The summed E-state index contributed by atoms with van der Waals surface area (Å²) in [7, 11) is 1.59. The van der Waals surface area contributed by atoms with E-state index in [1.165, 1.54) is 24.3 Å². The van der Waals surface area contributed by atoms with Crippen LogP contribution in [0.15, 0.2) is 24.3 Å². The first-order valence-corrected chi connectivity index (χ1v) is 7.04. The van der Waals surface area contributed by atoms with Gasteiger partial charge >= 0.3 is 0 Å². The third kappa shape index (κ3) is 4.68. The Balaban J connectivity index is 1.88. The van der Waals surface area contributed by atoms with Crippen molar-refractivity contribution in [2.75, 3.05) is 33.3 Å². The molecule has 0 bridgehead atoms. The Morgan fingerprint density at radius 2 is 2.19 bits per heavy atom. The highest BCUT2D eigenvalue weighted by molar-refractivity contribution is 5.77. The number of hydrogen-bond acceptors (Lipinski definition) is 4. The summed E-state index contributed by atoms with van der Waals surface area (Å²) < 4.78 is 18.4. The lowest BCUT2D eigenvalue weighted by Gasteiger charge is -2.38. The van der Waals surface area contributed by atoms with E-state index in [9.17, 15) is 14.3 Å². The highest BCUT2D eigenvalue weighted by Gasteiger charge is 2.34. The van der Waals surface area contributed by atoms with Crippen molar-refractivity contribution in [1.29, 1.82) is 0 Å². The molecule has 6 heteroatoms. The van der Waals surface area contributed by atoms with Crippen molar-refractivity contribution < 1.29 is 19.0 Å². The zero-order valence-electron chi connectivity index (χ0n) is 12.1. The maximum absolute atomic E-state index is 12.8. The average Bonchev–Trinajstić information content (AvgIpc) is 2.47. The Morgan fingerprint density at radius 1 is 1.48 bits per heavy atom. The van der Waals surface area contributed by atoms with E-state index in [4.69, 9.17) is 4.74 Å². The highest BCUT2D eigenvalue weighted by atomic mass is 19.1. The van der Waals surface area contributed by atoms with Gasteiger partial charge in [-0.05, 0) is 43.7 Å². The van der Waals surface area contributed by atoms with Gasteiger partial charge in [0.25, 0.3) is 0 Å². The van der Waals surface area contributed by atoms with Crippen LogP contribution in [0, 0.1) is 5.82 Å². The van der Waals surface area contributed by atoms with E-state index in [1.807, 2.05) is 4.90 Å². The van der Waals surface area contributed by atoms with Crippen LogP contribution in [-0.4, -0.2) is 54.8 Å². The van der Waals surface area contributed by atoms with Gasteiger partial charge in [0.1, 0.15) is 23.8 Å². The number of halogens is 1. The Hall–Kier alpha value is -1.66. The number of benzene rings is 1. The van der Waals surface area contributed by atoms with Gasteiger partial charge in [-0.25, -0.2) is 4.39 Å². The van der Waals surface area contributed by atoms with Crippen LogP contribution in [0.2, 0.25) is 0 Å². The lowest BCUT2D eigenvalue weighted by atomic mass is 9.93. The van der Waals surface area contributed by atoms with E-state index in [2.05, 4.69) is 5.32 Å². The number of hydrogen-bond donors (Lipinski definition) is 2. The molecular formula is C15H21FN2O3. The number of ether oxygens (including phenoxy) is 1. The third-order valence-electron chi connectivity index (χ3n) is 3.60. The smallest absolute Gasteiger partial charge is 0.233 e. The summed E-state index contributed by atoms with van der Waals surface area (Å²) in [5.74, 6) is 0.127. The number of carbonyl (C=O) groups excluding carboxylic acids is 1. The Kier molecular flexibility index (Phi) is 5.14. The molecule has 1 aromatic carbocycles. The molecule has 1 heterocycles. The molecular weight excluding hydrogens is 275 g/mol. The van der Waals surface area contributed by atoms with Crippen LogP contribution in [0.3, 0.4) is 0 Å². The number of aliphatic hydroxyl groups is 1. The van der Waals surface area contributed by atoms with E-state index in [0.29, 0.717) is 18.7 Å². The highest BCUT2D eigenvalue weighted by Crippen LogP contribution is 2.22. The SMILES string of the molecule is CNC(=O)CN1CCCC(O)(COc2ccc(F)cc2)C1. The summed E-state index contributed by atoms with van der Waals surface area (Å²) >= 11 is 0. The lowest BCUT2D eigenvalue weighted by Crippen LogP contribution is -2.53. The third-order valence-corrected chi connectivity index (χ3v) is 3.60. The van der Waals surface area contributed by atoms with Crippen molar-refractivity contribution in [1.82, 2.24) is 10.2 Å². The average molecular weight is 296 g/mol. The molecule has 1 fully saturated rings. The molecule has 1 aliphatic heterocycles. The van der Waals surface area contributed by atoms with E-state index in [1.54, 1.807) is 7.05 Å². The second-order valence-corrected chi connectivity index (χ2v) is 5.45. The second-order valence-electron chi connectivity index (χ2n) is 5.45. The molecule has 1 atom stereocenters. The molecule has 1 amide bonds. The van der Waals surface area contributed by atoms with Gasteiger partial charge in [-0.3, -0.25) is 9.69 Å². The van der Waals surface area contributed by atoms with Gasteiger partial charge in [0.2, 0.25) is 5.91 Å². The van der Waals surface area contributed by atoms with Gasteiger partial charge in [-0.2, -0.15) is 0 Å². The number of nitrogens with one attached hydrogen (secondary N) is 1. The minimum absolute atomic E-state index is 0.0706. The van der Waals surface area contributed by atoms with Crippen LogP contribution < -0.4 is 10.1 Å². The first-order chi connectivity index (χ1) is 10.0. The van der Waals surface area contributed by atoms with Crippen molar-refractivity contribution in [3.05, 3.63) is 30.1 Å². The molecule has 0 aliphatic carbocycles. The number of carbonyl (C=O) groups is 1. The van der Waals surface area contributed by atoms with E-state index < -0.39 is 5.60 Å². The summed E-state index contributed by atoms with van der Waals surface area (Å²) in [6, 6.07) is 5.70.